The summed E-state index contributed by atoms with van der Waals surface area (Å²) in [6, 6.07) is 15.2. The van der Waals surface area contributed by atoms with Crippen molar-refractivity contribution in [3.8, 4) is 11.3 Å². The van der Waals surface area contributed by atoms with Gasteiger partial charge in [0.25, 0.3) is 0 Å². The molecule has 2 aromatic carbocycles. The molecule has 0 atom stereocenters. The van der Waals surface area contributed by atoms with Crippen LogP contribution in [0.1, 0.15) is 10.4 Å². The smallest absolute Gasteiger partial charge is 0.340 e. The molecule has 4 heteroatoms. The lowest BCUT2D eigenvalue weighted by Crippen LogP contribution is -2.05. The average Bonchev–Trinajstić information content (AvgIpc) is 2.53. The van der Waals surface area contributed by atoms with Crippen LogP contribution in [-0.2, 0) is 4.74 Å². The van der Waals surface area contributed by atoms with Gasteiger partial charge in [-0.3, -0.25) is 0 Å². The van der Waals surface area contributed by atoms with Crippen LogP contribution in [0.2, 0.25) is 0 Å². The molecule has 1 aromatic heterocycles. The normalized spacial score (nSPS) is 10.6. The Bertz CT molecular complexity index is 830. The number of hydrogen-bond acceptors (Lipinski definition) is 3. The molecule has 0 aliphatic heterocycles. The van der Waals surface area contributed by atoms with E-state index in [1.54, 1.807) is 18.2 Å². The molecule has 1 heterocycles. The Morgan fingerprint density at radius 1 is 1.10 bits per heavy atom. The van der Waals surface area contributed by atoms with Gasteiger partial charge in [0.05, 0.1) is 23.9 Å². The fraction of sp³-hybridized carbons (Fsp3) is 0.0588. The minimum absolute atomic E-state index is 0.321. The lowest BCUT2D eigenvalue weighted by molar-refractivity contribution is 0.0601. The highest BCUT2D eigenvalue weighted by molar-refractivity contribution is 6.00. The first-order valence-electron chi connectivity index (χ1n) is 6.43. The van der Waals surface area contributed by atoms with Gasteiger partial charge in [0.15, 0.2) is 0 Å². The zero-order valence-corrected chi connectivity index (χ0v) is 11.3. The van der Waals surface area contributed by atoms with Gasteiger partial charge in [0.2, 0.25) is 0 Å². The number of benzene rings is 2. The van der Waals surface area contributed by atoms with Crippen molar-refractivity contribution < 1.29 is 13.9 Å². The van der Waals surface area contributed by atoms with E-state index in [0.717, 1.165) is 10.9 Å². The number of para-hydroxylation sites is 1. The predicted octanol–water partition coefficient (Wildman–Crippen LogP) is 3.83. The lowest BCUT2D eigenvalue weighted by atomic mass is 10.0. The van der Waals surface area contributed by atoms with Crippen LogP contribution in [0.25, 0.3) is 22.2 Å². The van der Waals surface area contributed by atoms with Crippen LogP contribution < -0.4 is 0 Å². The van der Waals surface area contributed by atoms with Gasteiger partial charge in [-0.1, -0.05) is 30.3 Å². The highest BCUT2D eigenvalue weighted by atomic mass is 19.1. The molecule has 0 aliphatic carbocycles. The fourth-order valence-electron chi connectivity index (χ4n) is 2.24. The van der Waals surface area contributed by atoms with E-state index in [-0.39, 0.29) is 5.82 Å². The van der Waals surface area contributed by atoms with Gasteiger partial charge >= 0.3 is 5.97 Å². The number of carbonyl (C=O) groups excluding carboxylic acids is 1. The molecule has 3 rings (SSSR count). The van der Waals surface area contributed by atoms with Crippen molar-refractivity contribution in [1.82, 2.24) is 4.98 Å². The van der Waals surface area contributed by atoms with Crippen LogP contribution >= 0.6 is 0 Å². The number of esters is 1. The van der Waals surface area contributed by atoms with Crippen LogP contribution in [0.15, 0.2) is 54.6 Å². The Labute approximate surface area is 121 Å². The molecule has 0 saturated heterocycles. The topological polar surface area (TPSA) is 39.2 Å². The fourth-order valence-corrected chi connectivity index (χ4v) is 2.24. The second-order valence-corrected chi connectivity index (χ2v) is 4.58. The molecule has 21 heavy (non-hydrogen) atoms. The van der Waals surface area contributed by atoms with E-state index in [0.29, 0.717) is 16.8 Å². The maximum atomic E-state index is 13.4. The minimum Gasteiger partial charge on any atom is -0.465 e. The molecule has 0 spiro atoms. The molecule has 3 aromatic rings. The highest BCUT2D eigenvalue weighted by Gasteiger charge is 2.16. The van der Waals surface area contributed by atoms with E-state index in [9.17, 15) is 9.18 Å². The van der Waals surface area contributed by atoms with Crippen LogP contribution in [-0.4, -0.2) is 18.1 Å². The monoisotopic (exact) mass is 281 g/mol. The van der Waals surface area contributed by atoms with Gasteiger partial charge in [0.1, 0.15) is 5.82 Å². The quantitative estimate of drug-likeness (QED) is 0.670. The van der Waals surface area contributed by atoms with Gasteiger partial charge in [-0.2, -0.15) is 0 Å². The second-order valence-electron chi connectivity index (χ2n) is 4.58. The number of rotatable bonds is 2. The van der Waals surface area contributed by atoms with Crippen molar-refractivity contribution in [2.45, 2.75) is 0 Å². The third-order valence-corrected chi connectivity index (χ3v) is 3.23. The molecule has 0 amide bonds. The lowest BCUT2D eigenvalue weighted by Gasteiger charge is -2.09. The van der Waals surface area contributed by atoms with E-state index in [4.69, 9.17) is 4.74 Å². The van der Waals surface area contributed by atoms with Crippen LogP contribution in [0, 0.1) is 5.82 Å². The molecule has 0 bridgehead atoms. The van der Waals surface area contributed by atoms with Gasteiger partial charge in [0, 0.05) is 10.9 Å². The summed E-state index contributed by atoms with van der Waals surface area (Å²) in [5, 5.41) is 0.832. The van der Waals surface area contributed by atoms with Crippen molar-refractivity contribution in [3.05, 3.63) is 66.0 Å². The third kappa shape index (κ3) is 2.48. The Hall–Kier alpha value is -2.75. The Morgan fingerprint density at radius 3 is 2.67 bits per heavy atom. The molecule has 0 aliphatic rings. The Balaban J connectivity index is 2.30. The Kier molecular flexibility index (Phi) is 3.36. The molecule has 0 unspecified atom stereocenters. The van der Waals surface area contributed by atoms with E-state index in [1.807, 2.05) is 24.3 Å². The maximum Gasteiger partial charge on any atom is 0.340 e. The van der Waals surface area contributed by atoms with E-state index in [2.05, 4.69) is 4.98 Å². The van der Waals surface area contributed by atoms with Crippen molar-refractivity contribution in [2.24, 2.45) is 0 Å². The maximum absolute atomic E-state index is 13.4. The minimum atomic E-state index is -0.493. The molecule has 0 saturated carbocycles. The molecule has 0 radical (unpaired) electrons. The van der Waals surface area contributed by atoms with Crippen LogP contribution in [0.3, 0.4) is 0 Å². The van der Waals surface area contributed by atoms with E-state index >= 15 is 0 Å². The number of aromatic nitrogens is 1. The summed E-state index contributed by atoms with van der Waals surface area (Å²) in [6.07, 6.45) is 0. The number of halogens is 1. The molecule has 3 nitrogen and oxygen atoms in total. The predicted molar refractivity (Wildman–Crippen MR) is 78.5 cm³/mol. The number of hydrogen-bond donors (Lipinski definition) is 0. The summed E-state index contributed by atoms with van der Waals surface area (Å²) in [4.78, 5) is 16.5. The number of carbonyl (C=O) groups is 1. The van der Waals surface area contributed by atoms with Crippen LogP contribution in [0.5, 0.6) is 0 Å². The largest absolute Gasteiger partial charge is 0.465 e. The summed E-state index contributed by atoms with van der Waals surface area (Å²) >= 11 is 0. The summed E-state index contributed by atoms with van der Waals surface area (Å²) in [7, 11) is 1.31. The van der Waals surface area contributed by atoms with E-state index < -0.39 is 5.97 Å². The zero-order chi connectivity index (χ0) is 14.8. The first-order chi connectivity index (χ1) is 10.2. The summed E-state index contributed by atoms with van der Waals surface area (Å²) in [5.74, 6) is -0.870. The average molecular weight is 281 g/mol. The van der Waals surface area contributed by atoms with Gasteiger partial charge < -0.3 is 4.74 Å². The van der Waals surface area contributed by atoms with Crippen molar-refractivity contribution in [3.63, 3.8) is 0 Å². The first kappa shape index (κ1) is 13.2. The molecule has 0 N–H and O–H groups in total. The highest BCUT2D eigenvalue weighted by Crippen LogP contribution is 2.26. The van der Waals surface area contributed by atoms with Crippen molar-refractivity contribution in [2.75, 3.05) is 7.11 Å². The summed E-state index contributed by atoms with van der Waals surface area (Å²) in [6.45, 7) is 0. The van der Waals surface area contributed by atoms with Crippen molar-refractivity contribution in [1.29, 1.82) is 0 Å². The molecule has 0 fully saturated rings. The van der Waals surface area contributed by atoms with Crippen LogP contribution in [0.4, 0.5) is 4.39 Å². The molecular formula is C17H12FNO2. The van der Waals surface area contributed by atoms with Gasteiger partial charge in [-0.05, 0) is 24.3 Å². The van der Waals surface area contributed by atoms with Crippen molar-refractivity contribution >= 4 is 16.9 Å². The third-order valence-electron chi connectivity index (χ3n) is 3.23. The SMILES string of the molecule is COC(=O)c1cc2ccccc2nc1-c1cccc(F)c1. The number of nitrogens with zero attached hydrogens (tertiary/aromatic N) is 1. The first-order valence-corrected chi connectivity index (χ1v) is 6.43. The zero-order valence-electron chi connectivity index (χ0n) is 11.3. The number of fused-ring (bicyclic) bond motifs is 1. The Morgan fingerprint density at radius 2 is 1.90 bits per heavy atom. The summed E-state index contributed by atoms with van der Waals surface area (Å²) in [5.41, 5.74) is 2.02. The molecule has 104 valence electrons. The second kappa shape index (κ2) is 5.32. The number of methoxy groups -OCH3 is 1. The number of ether oxygens (including phenoxy) is 1. The van der Waals surface area contributed by atoms with Gasteiger partial charge in [-0.25, -0.2) is 14.2 Å². The number of pyridine rings is 1. The van der Waals surface area contributed by atoms with Gasteiger partial charge in [-0.15, -0.1) is 0 Å². The summed E-state index contributed by atoms with van der Waals surface area (Å²) < 4.78 is 18.2. The standard InChI is InChI=1S/C17H12FNO2/c1-21-17(20)14-10-11-5-2-3-8-15(11)19-16(14)12-6-4-7-13(18)9-12/h2-10H,1H3. The van der Waals surface area contributed by atoms with E-state index in [1.165, 1.54) is 19.2 Å². The molecular weight excluding hydrogens is 269 g/mol.